The van der Waals surface area contributed by atoms with Crippen molar-refractivity contribution in [1.29, 1.82) is 0 Å². The van der Waals surface area contributed by atoms with Gasteiger partial charge in [0, 0.05) is 25.1 Å². The standard InChI is InChI=1S/C15H22FN3O2/c1-5-17-13-10(6-9(16)8-18-13)14(20)19-11-7-12(21-4)15(11,2)3/h6,8,11-12H,5,7H2,1-4H3,(H,17,18)(H,19,20). The van der Waals surface area contributed by atoms with Crippen molar-refractivity contribution in [2.45, 2.75) is 39.3 Å². The summed E-state index contributed by atoms with van der Waals surface area (Å²) in [6, 6.07) is 1.22. The Kier molecular flexibility index (Phi) is 4.46. The molecule has 1 saturated carbocycles. The zero-order valence-electron chi connectivity index (χ0n) is 12.9. The fraction of sp³-hybridized carbons (Fsp3) is 0.600. The SMILES string of the molecule is CCNc1ncc(F)cc1C(=O)NC1CC(OC)C1(C)C. The van der Waals surface area contributed by atoms with Crippen molar-refractivity contribution in [1.82, 2.24) is 10.3 Å². The molecular weight excluding hydrogens is 273 g/mol. The molecule has 5 nitrogen and oxygen atoms in total. The molecule has 21 heavy (non-hydrogen) atoms. The molecule has 2 atom stereocenters. The molecule has 1 aromatic rings. The summed E-state index contributed by atoms with van der Waals surface area (Å²) in [5.41, 5.74) is 0.0947. The number of amides is 1. The van der Waals surface area contributed by atoms with Crippen molar-refractivity contribution in [2.75, 3.05) is 19.0 Å². The number of methoxy groups -OCH3 is 1. The number of aromatic nitrogens is 1. The first-order chi connectivity index (χ1) is 9.90. The molecule has 0 aliphatic heterocycles. The quantitative estimate of drug-likeness (QED) is 0.874. The Labute approximate surface area is 124 Å². The van der Waals surface area contributed by atoms with Gasteiger partial charge < -0.3 is 15.4 Å². The average Bonchev–Trinajstić information content (AvgIpc) is 2.44. The lowest BCUT2D eigenvalue weighted by Crippen LogP contribution is -2.61. The summed E-state index contributed by atoms with van der Waals surface area (Å²) in [5.74, 6) is -0.438. The van der Waals surface area contributed by atoms with Gasteiger partial charge in [-0.25, -0.2) is 9.37 Å². The maximum atomic E-state index is 13.4. The molecule has 2 N–H and O–H groups in total. The highest BCUT2D eigenvalue weighted by Gasteiger charge is 2.49. The molecule has 0 spiro atoms. The van der Waals surface area contributed by atoms with E-state index in [2.05, 4.69) is 15.6 Å². The van der Waals surface area contributed by atoms with Crippen LogP contribution < -0.4 is 10.6 Å². The van der Waals surface area contributed by atoms with Gasteiger partial charge in [-0.05, 0) is 19.4 Å². The maximum absolute atomic E-state index is 13.4. The van der Waals surface area contributed by atoms with E-state index in [0.717, 1.165) is 12.6 Å². The fourth-order valence-corrected chi connectivity index (χ4v) is 2.69. The minimum atomic E-state index is -0.524. The molecule has 2 unspecified atom stereocenters. The third-order valence-electron chi connectivity index (χ3n) is 4.21. The van der Waals surface area contributed by atoms with Crippen LogP contribution in [0.5, 0.6) is 0 Å². The van der Waals surface area contributed by atoms with Crippen LogP contribution in [0.3, 0.4) is 0 Å². The van der Waals surface area contributed by atoms with Gasteiger partial charge in [-0.3, -0.25) is 4.79 Å². The second kappa shape index (κ2) is 5.97. The smallest absolute Gasteiger partial charge is 0.255 e. The summed E-state index contributed by atoms with van der Waals surface area (Å²) in [7, 11) is 1.67. The highest BCUT2D eigenvalue weighted by atomic mass is 19.1. The number of nitrogens with zero attached hydrogens (tertiary/aromatic N) is 1. The van der Waals surface area contributed by atoms with Crippen molar-refractivity contribution >= 4 is 11.7 Å². The molecule has 116 valence electrons. The van der Waals surface area contributed by atoms with Gasteiger partial charge in [0.25, 0.3) is 5.91 Å². The molecule has 1 aromatic heterocycles. The third-order valence-corrected chi connectivity index (χ3v) is 4.21. The first kappa shape index (κ1) is 15.7. The molecule has 6 heteroatoms. The molecule has 1 amide bonds. The minimum absolute atomic E-state index is 0.00712. The predicted molar refractivity (Wildman–Crippen MR) is 78.8 cm³/mol. The highest BCUT2D eigenvalue weighted by molar-refractivity contribution is 5.99. The maximum Gasteiger partial charge on any atom is 0.255 e. The van der Waals surface area contributed by atoms with Gasteiger partial charge >= 0.3 is 0 Å². The van der Waals surface area contributed by atoms with Crippen LogP contribution in [0, 0.1) is 11.2 Å². The summed E-state index contributed by atoms with van der Waals surface area (Å²) in [6.45, 7) is 6.60. The molecule has 1 aliphatic carbocycles. The van der Waals surface area contributed by atoms with Crippen molar-refractivity contribution in [3.8, 4) is 0 Å². The Morgan fingerprint density at radius 2 is 2.29 bits per heavy atom. The normalized spacial score (nSPS) is 23.3. The van der Waals surface area contributed by atoms with E-state index in [1.54, 1.807) is 7.11 Å². The topological polar surface area (TPSA) is 63.2 Å². The number of pyridine rings is 1. The average molecular weight is 295 g/mol. The van der Waals surface area contributed by atoms with Crippen LogP contribution >= 0.6 is 0 Å². The van der Waals surface area contributed by atoms with Gasteiger partial charge in [-0.2, -0.15) is 0 Å². The van der Waals surface area contributed by atoms with E-state index in [1.165, 1.54) is 6.07 Å². The molecule has 0 radical (unpaired) electrons. The Balaban J connectivity index is 2.13. The summed E-state index contributed by atoms with van der Waals surface area (Å²) in [6.07, 6.45) is 1.99. The van der Waals surface area contributed by atoms with Crippen molar-refractivity contribution in [3.63, 3.8) is 0 Å². The van der Waals surface area contributed by atoms with E-state index in [9.17, 15) is 9.18 Å². The molecule has 2 rings (SSSR count). The second-order valence-corrected chi connectivity index (χ2v) is 5.89. The van der Waals surface area contributed by atoms with Gasteiger partial charge in [-0.1, -0.05) is 13.8 Å². The van der Waals surface area contributed by atoms with Crippen LogP contribution in [-0.4, -0.2) is 36.7 Å². The Morgan fingerprint density at radius 1 is 1.57 bits per heavy atom. The summed E-state index contributed by atoms with van der Waals surface area (Å²) < 4.78 is 18.7. The number of nitrogens with one attached hydrogen (secondary N) is 2. The Bertz CT molecular complexity index is 534. The molecule has 1 fully saturated rings. The number of anilines is 1. The number of ether oxygens (including phenoxy) is 1. The summed E-state index contributed by atoms with van der Waals surface area (Å²) >= 11 is 0. The number of carbonyl (C=O) groups is 1. The monoisotopic (exact) mass is 295 g/mol. The van der Waals surface area contributed by atoms with Crippen LogP contribution in [0.1, 0.15) is 37.6 Å². The number of hydrogen-bond donors (Lipinski definition) is 2. The van der Waals surface area contributed by atoms with E-state index in [0.29, 0.717) is 12.4 Å². The zero-order chi connectivity index (χ0) is 15.6. The van der Waals surface area contributed by atoms with E-state index >= 15 is 0 Å². The van der Waals surface area contributed by atoms with Crippen LogP contribution in [0.2, 0.25) is 0 Å². The third kappa shape index (κ3) is 3.00. The lowest BCUT2D eigenvalue weighted by molar-refractivity contribution is -0.0942. The van der Waals surface area contributed by atoms with Crippen molar-refractivity contribution in [2.24, 2.45) is 5.41 Å². The first-order valence-corrected chi connectivity index (χ1v) is 7.13. The lowest BCUT2D eigenvalue weighted by atomic mass is 9.64. The minimum Gasteiger partial charge on any atom is -0.381 e. The molecule has 0 saturated heterocycles. The summed E-state index contributed by atoms with van der Waals surface area (Å²) in [5, 5.41) is 5.92. The Morgan fingerprint density at radius 3 is 2.86 bits per heavy atom. The van der Waals surface area contributed by atoms with Gasteiger partial charge in [0.2, 0.25) is 0 Å². The van der Waals surface area contributed by atoms with Gasteiger partial charge in [0.15, 0.2) is 0 Å². The fourth-order valence-electron chi connectivity index (χ4n) is 2.69. The lowest BCUT2D eigenvalue weighted by Gasteiger charge is -2.51. The van der Waals surface area contributed by atoms with E-state index in [1.807, 2.05) is 20.8 Å². The molecule has 1 heterocycles. The largest absolute Gasteiger partial charge is 0.381 e. The molecule has 0 bridgehead atoms. The second-order valence-electron chi connectivity index (χ2n) is 5.89. The van der Waals surface area contributed by atoms with Crippen molar-refractivity contribution < 1.29 is 13.9 Å². The summed E-state index contributed by atoms with van der Waals surface area (Å²) in [4.78, 5) is 16.3. The molecule has 0 aromatic carbocycles. The zero-order valence-corrected chi connectivity index (χ0v) is 12.9. The van der Waals surface area contributed by atoms with Crippen LogP contribution in [-0.2, 0) is 4.74 Å². The number of hydrogen-bond acceptors (Lipinski definition) is 4. The number of carbonyl (C=O) groups excluding carboxylic acids is 1. The van der Waals surface area contributed by atoms with Crippen LogP contribution in [0.4, 0.5) is 10.2 Å². The van der Waals surface area contributed by atoms with Gasteiger partial charge in [0.1, 0.15) is 11.6 Å². The van der Waals surface area contributed by atoms with Crippen LogP contribution in [0.25, 0.3) is 0 Å². The number of halogens is 1. The van der Waals surface area contributed by atoms with E-state index < -0.39 is 5.82 Å². The first-order valence-electron chi connectivity index (χ1n) is 7.13. The Hall–Kier alpha value is -1.69. The van der Waals surface area contributed by atoms with Crippen LogP contribution in [0.15, 0.2) is 12.3 Å². The van der Waals surface area contributed by atoms with E-state index in [-0.39, 0.29) is 29.0 Å². The molecular formula is C15H22FN3O2. The number of rotatable bonds is 5. The highest BCUT2D eigenvalue weighted by Crippen LogP contribution is 2.42. The van der Waals surface area contributed by atoms with E-state index in [4.69, 9.17) is 4.74 Å². The predicted octanol–water partition coefficient (Wildman–Crippen LogP) is 2.20. The van der Waals surface area contributed by atoms with Gasteiger partial charge in [0.05, 0.1) is 17.9 Å². The van der Waals surface area contributed by atoms with Gasteiger partial charge in [-0.15, -0.1) is 0 Å². The molecule has 1 aliphatic rings. The van der Waals surface area contributed by atoms with Crippen molar-refractivity contribution in [3.05, 3.63) is 23.6 Å².